The quantitative estimate of drug-likeness (QED) is 0.504. The summed E-state index contributed by atoms with van der Waals surface area (Å²) in [6.45, 7) is -2.93. The van der Waals surface area contributed by atoms with E-state index in [-0.39, 0.29) is 4.90 Å². The summed E-state index contributed by atoms with van der Waals surface area (Å²) in [4.78, 5) is 25.4. The van der Waals surface area contributed by atoms with E-state index < -0.39 is 53.1 Å². The maximum atomic E-state index is 12.4. The lowest BCUT2D eigenvalue weighted by Gasteiger charge is -2.23. The first-order chi connectivity index (χ1) is 9.65. The van der Waals surface area contributed by atoms with Gasteiger partial charge in [-0.1, -0.05) is 11.6 Å². The maximum absolute atomic E-state index is 12.4. The number of pyridine rings is 1. The molecule has 1 aromatic heterocycles. The van der Waals surface area contributed by atoms with Crippen LogP contribution in [-0.2, 0) is 0 Å². The van der Waals surface area contributed by atoms with Crippen molar-refractivity contribution in [2.45, 2.75) is 6.18 Å². The van der Waals surface area contributed by atoms with Crippen LogP contribution in [0.5, 0.6) is 0 Å². The Morgan fingerprint density at radius 2 is 2.14 bits per heavy atom. The van der Waals surface area contributed by atoms with Crippen LogP contribution in [-0.4, -0.2) is 51.7 Å². The minimum Gasteiger partial charge on any atom is -0.395 e. The van der Waals surface area contributed by atoms with Crippen LogP contribution < -0.4 is 0 Å². The zero-order valence-corrected chi connectivity index (χ0v) is 11.1. The van der Waals surface area contributed by atoms with Crippen molar-refractivity contribution < 1.29 is 28.0 Å². The summed E-state index contributed by atoms with van der Waals surface area (Å²) in [7, 11) is 0. The number of alkyl halides is 3. The van der Waals surface area contributed by atoms with Crippen molar-refractivity contribution >= 4 is 23.2 Å². The first kappa shape index (κ1) is 17.1. The van der Waals surface area contributed by atoms with Gasteiger partial charge in [0.2, 0.25) is 0 Å². The standard InChI is InChI=1S/C10H9ClF3N3O4/c11-8-7(3-6(4-15-8)17(20)21)9(19)16(1-2-18)5-10(12,13)14/h3-4,18H,1-2,5H2. The largest absolute Gasteiger partial charge is 0.406 e. The molecule has 0 aliphatic heterocycles. The van der Waals surface area contributed by atoms with Gasteiger partial charge in [0.15, 0.2) is 0 Å². The van der Waals surface area contributed by atoms with Gasteiger partial charge in [-0.3, -0.25) is 14.9 Å². The normalized spacial score (nSPS) is 11.3. The molecule has 7 nitrogen and oxygen atoms in total. The topological polar surface area (TPSA) is 96.6 Å². The fourth-order valence-electron chi connectivity index (χ4n) is 1.45. The summed E-state index contributed by atoms with van der Waals surface area (Å²) in [5.41, 5.74) is -1.12. The number of nitrogens with zero attached hydrogens (tertiary/aromatic N) is 3. The minimum absolute atomic E-state index is 0.284. The van der Waals surface area contributed by atoms with Gasteiger partial charge < -0.3 is 10.0 Å². The Hall–Kier alpha value is -1.94. The van der Waals surface area contributed by atoms with Crippen molar-refractivity contribution in [1.29, 1.82) is 0 Å². The number of carbonyl (C=O) groups excluding carboxylic acids is 1. The summed E-state index contributed by atoms with van der Waals surface area (Å²) in [5, 5.41) is 18.9. The fraction of sp³-hybridized carbons (Fsp3) is 0.400. The van der Waals surface area contributed by atoms with E-state index in [9.17, 15) is 28.1 Å². The number of aromatic nitrogens is 1. The number of amides is 1. The summed E-state index contributed by atoms with van der Waals surface area (Å²) in [5.74, 6) is -1.21. The first-order valence-electron chi connectivity index (χ1n) is 5.42. The van der Waals surface area contributed by atoms with Gasteiger partial charge in [0, 0.05) is 12.6 Å². The Balaban J connectivity index is 3.13. The highest BCUT2D eigenvalue weighted by Gasteiger charge is 2.34. The number of hydrogen-bond acceptors (Lipinski definition) is 5. The SMILES string of the molecule is O=C(c1cc([N+](=O)[O-])cnc1Cl)N(CCO)CC(F)(F)F. The number of nitro groups is 1. The molecule has 1 aromatic rings. The van der Waals surface area contributed by atoms with E-state index in [4.69, 9.17) is 16.7 Å². The highest BCUT2D eigenvalue weighted by Crippen LogP contribution is 2.23. The molecule has 0 aliphatic rings. The molecule has 0 aliphatic carbocycles. The molecule has 1 amide bonds. The second kappa shape index (κ2) is 6.68. The van der Waals surface area contributed by atoms with Crippen molar-refractivity contribution in [3.05, 3.63) is 33.1 Å². The van der Waals surface area contributed by atoms with Crippen LogP contribution in [0.25, 0.3) is 0 Å². The lowest BCUT2D eigenvalue weighted by molar-refractivity contribution is -0.385. The number of hydrogen-bond donors (Lipinski definition) is 1. The Bertz CT molecular complexity index is 553. The molecule has 1 rings (SSSR count). The molecule has 0 saturated carbocycles. The van der Waals surface area contributed by atoms with E-state index in [0.717, 1.165) is 12.3 Å². The van der Waals surface area contributed by atoms with Crippen molar-refractivity contribution in [3.63, 3.8) is 0 Å². The Labute approximate surface area is 121 Å². The molecule has 0 radical (unpaired) electrons. The number of rotatable bonds is 5. The summed E-state index contributed by atoms with van der Waals surface area (Å²) < 4.78 is 37.1. The molecular formula is C10H9ClF3N3O4. The van der Waals surface area contributed by atoms with Crippen molar-refractivity contribution in [2.75, 3.05) is 19.7 Å². The highest BCUT2D eigenvalue weighted by molar-refractivity contribution is 6.32. The molecule has 21 heavy (non-hydrogen) atoms. The number of carbonyl (C=O) groups is 1. The fourth-order valence-corrected chi connectivity index (χ4v) is 1.63. The summed E-state index contributed by atoms with van der Waals surface area (Å²) in [6.07, 6.45) is -3.91. The molecule has 0 fully saturated rings. The third-order valence-corrected chi connectivity index (χ3v) is 2.59. The van der Waals surface area contributed by atoms with Gasteiger partial charge in [-0.15, -0.1) is 0 Å². The smallest absolute Gasteiger partial charge is 0.395 e. The van der Waals surface area contributed by atoms with E-state index >= 15 is 0 Å². The van der Waals surface area contributed by atoms with Crippen molar-refractivity contribution in [1.82, 2.24) is 9.88 Å². The highest BCUT2D eigenvalue weighted by atomic mass is 35.5. The van der Waals surface area contributed by atoms with Crippen LogP contribution in [0.2, 0.25) is 5.15 Å². The summed E-state index contributed by atoms with van der Waals surface area (Å²) >= 11 is 5.59. The van der Waals surface area contributed by atoms with E-state index in [1.807, 2.05) is 0 Å². The molecule has 1 heterocycles. The van der Waals surface area contributed by atoms with Gasteiger partial charge in [0.25, 0.3) is 11.6 Å². The molecule has 11 heteroatoms. The summed E-state index contributed by atoms with van der Waals surface area (Å²) in [6, 6.07) is 0.735. The number of aliphatic hydroxyl groups is 1. The third kappa shape index (κ3) is 4.83. The molecule has 116 valence electrons. The van der Waals surface area contributed by atoms with E-state index in [1.165, 1.54) is 0 Å². The number of aliphatic hydroxyl groups excluding tert-OH is 1. The molecule has 0 bridgehead atoms. The van der Waals surface area contributed by atoms with Gasteiger partial charge in [-0.05, 0) is 0 Å². The van der Waals surface area contributed by atoms with E-state index in [1.54, 1.807) is 0 Å². The van der Waals surface area contributed by atoms with Gasteiger partial charge in [0.1, 0.15) is 17.9 Å². The van der Waals surface area contributed by atoms with Gasteiger partial charge in [-0.2, -0.15) is 13.2 Å². The van der Waals surface area contributed by atoms with Crippen LogP contribution >= 0.6 is 11.6 Å². The van der Waals surface area contributed by atoms with Crippen molar-refractivity contribution in [2.24, 2.45) is 0 Å². The monoisotopic (exact) mass is 327 g/mol. The average Bonchev–Trinajstić information content (AvgIpc) is 2.36. The van der Waals surface area contributed by atoms with Crippen LogP contribution in [0, 0.1) is 10.1 Å². The lowest BCUT2D eigenvalue weighted by Crippen LogP contribution is -2.40. The average molecular weight is 328 g/mol. The Morgan fingerprint density at radius 3 is 2.62 bits per heavy atom. The second-order valence-corrected chi connectivity index (χ2v) is 4.21. The zero-order valence-electron chi connectivity index (χ0n) is 10.3. The van der Waals surface area contributed by atoms with Crippen LogP contribution in [0.4, 0.5) is 18.9 Å². The molecule has 1 N–H and O–H groups in total. The molecule has 0 spiro atoms. The molecule has 0 atom stereocenters. The predicted molar refractivity (Wildman–Crippen MR) is 64.9 cm³/mol. The molecule has 0 saturated heterocycles. The van der Waals surface area contributed by atoms with Gasteiger partial charge in [0.05, 0.1) is 17.1 Å². The Morgan fingerprint density at radius 1 is 1.52 bits per heavy atom. The Kier molecular flexibility index (Phi) is 5.44. The first-order valence-corrected chi connectivity index (χ1v) is 5.80. The maximum Gasteiger partial charge on any atom is 0.406 e. The third-order valence-electron chi connectivity index (χ3n) is 2.29. The molecule has 0 aromatic carbocycles. The molecular weight excluding hydrogens is 319 g/mol. The second-order valence-electron chi connectivity index (χ2n) is 3.85. The van der Waals surface area contributed by atoms with Crippen LogP contribution in [0.15, 0.2) is 12.3 Å². The van der Waals surface area contributed by atoms with Crippen molar-refractivity contribution in [3.8, 4) is 0 Å². The van der Waals surface area contributed by atoms with E-state index in [0.29, 0.717) is 0 Å². The van der Waals surface area contributed by atoms with Gasteiger partial charge in [-0.25, -0.2) is 4.98 Å². The minimum atomic E-state index is -4.69. The van der Waals surface area contributed by atoms with Crippen LogP contribution in [0.1, 0.15) is 10.4 Å². The predicted octanol–water partition coefficient (Wildman–Crippen LogP) is 1.64. The molecule has 0 unspecified atom stereocenters. The van der Waals surface area contributed by atoms with Gasteiger partial charge >= 0.3 is 6.18 Å². The van der Waals surface area contributed by atoms with Crippen LogP contribution in [0.3, 0.4) is 0 Å². The lowest BCUT2D eigenvalue weighted by atomic mass is 10.2. The zero-order chi connectivity index (χ0) is 16.2. The number of halogens is 4. The van der Waals surface area contributed by atoms with E-state index in [2.05, 4.69) is 4.98 Å².